The lowest BCUT2D eigenvalue weighted by Gasteiger charge is -2.11. The zero-order chi connectivity index (χ0) is 20.4. The largest absolute Gasteiger partial charge is 0.493 e. The van der Waals surface area contributed by atoms with Gasteiger partial charge in [-0.25, -0.2) is 4.79 Å². The Balaban J connectivity index is 1.87. The summed E-state index contributed by atoms with van der Waals surface area (Å²) >= 11 is 0. The molecular weight excluding hydrogens is 360 g/mol. The molecule has 0 bridgehead atoms. The zero-order valence-corrected chi connectivity index (χ0v) is 16.0. The minimum Gasteiger partial charge on any atom is -0.493 e. The number of nitrogens with one attached hydrogen (secondary N) is 2. The predicted molar refractivity (Wildman–Crippen MR) is 106 cm³/mol. The van der Waals surface area contributed by atoms with Gasteiger partial charge in [-0.05, 0) is 49.7 Å². The maximum atomic E-state index is 12.3. The van der Waals surface area contributed by atoms with Crippen LogP contribution in [-0.4, -0.2) is 37.5 Å². The van der Waals surface area contributed by atoms with Crippen LogP contribution < -0.4 is 15.4 Å². The van der Waals surface area contributed by atoms with Crippen LogP contribution in [0.2, 0.25) is 0 Å². The van der Waals surface area contributed by atoms with E-state index in [4.69, 9.17) is 9.47 Å². The smallest absolute Gasteiger partial charge is 0.338 e. The number of amides is 2. The lowest BCUT2D eigenvalue weighted by atomic mass is 10.2. The molecule has 7 nitrogen and oxygen atoms in total. The lowest BCUT2D eigenvalue weighted by Crippen LogP contribution is -2.33. The fraction of sp³-hybridized carbons (Fsp3) is 0.286. The first-order valence-corrected chi connectivity index (χ1v) is 9.12. The van der Waals surface area contributed by atoms with E-state index in [1.54, 1.807) is 48.5 Å². The highest BCUT2D eigenvalue weighted by molar-refractivity contribution is 6.01. The van der Waals surface area contributed by atoms with Crippen LogP contribution >= 0.6 is 0 Å². The van der Waals surface area contributed by atoms with Gasteiger partial charge in [-0.15, -0.1) is 0 Å². The van der Waals surface area contributed by atoms with Gasteiger partial charge in [0.15, 0.2) is 0 Å². The molecule has 2 amide bonds. The normalized spacial score (nSPS) is 10.1. The number of para-hydroxylation sites is 1. The number of hydrogen-bond donors (Lipinski definition) is 2. The Morgan fingerprint density at radius 1 is 0.964 bits per heavy atom. The second-order valence-corrected chi connectivity index (χ2v) is 5.87. The minimum atomic E-state index is -0.403. The number of ether oxygens (including phenoxy) is 2. The lowest BCUT2D eigenvalue weighted by molar-refractivity contribution is -0.115. The van der Waals surface area contributed by atoms with E-state index in [-0.39, 0.29) is 12.5 Å². The van der Waals surface area contributed by atoms with Crippen LogP contribution in [0.4, 0.5) is 5.69 Å². The maximum absolute atomic E-state index is 12.3. The van der Waals surface area contributed by atoms with Crippen molar-refractivity contribution < 1.29 is 23.9 Å². The van der Waals surface area contributed by atoms with Crippen molar-refractivity contribution in [3.8, 4) is 5.75 Å². The minimum absolute atomic E-state index is 0.195. The molecule has 2 rings (SSSR count). The number of anilines is 1. The summed E-state index contributed by atoms with van der Waals surface area (Å²) < 4.78 is 10.5. The highest BCUT2D eigenvalue weighted by atomic mass is 16.5. The summed E-state index contributed by atoms with van der Waals surface area (Å²) in [5, 5.41) is 5.23. The van der Waals surface area contributed by atoms with Gasteiger partial charge in [0.05, 0.1) is 30.9 Å². The SMILES string of the molecule is CCCOC(=O)c1ccc(NC(=O)CNC(=O)c2ccccc2OCC)cc1. The number of rotatable bonds is 9. The Labute approximate surface area is 164 Å². The van der Waals surface area contributed by atoms with Crippen molar-refractivity contribution in [2.45, 2.75) is 20.3 Å². The Kier molecular flexibility index (Phi) is 8.02. The topological polar surface area (TPSA) is 93.7 Å². The molecule has 0 unspecified atom stereocenters. The van der Waals surface area contributed by atoms with Crippen molar-refractivity contribution in [3.05, 3.63) is 59.7 Å². The van der Waals surface area contributed by atoms with Crippen molar-refractivity contribution in [1.29, 1.82) is 0 Å². The van der Waals surface area contributed by atoms with Crippen molar-refractivity contribution >= 4 is 23.5 Å². The van der Waals surface area contributed by atoms with E-state index in [0.717, 1.165) is 6.42 Å². The summed E-state index contributed by atoms with van der Waals surface area (Å²) in [6, 6.07) is 13.2. The molecule has 0 heterocycles. The van der Waals surface area contributed by atoms with Gasteiger partial charge in [0, 0.05) is 5.69 Å². The van der Waals surface area contributed by atoms with Crippen LogP contribution in [-0.2, 0) is 9.53 Å². The number of esters is 1. The molecule has 0 saturated heterocycles. The molecule has 148 valence electrons. The van der Waals surface area contributed by atoms with Crippen LogP contribution in [0, 0.1) is 0 Å². The first kappa shape index (κ1) is 21.0. The molecule has 28 heavy (non-hydrogen) atoms. The molecular formula is C21H24N2O5. The van der Waals surface area contributed by atoms with Crippen molar-refractivity contribution in [3.63, 3.8) is 0 Å². The summed E-state index contributed by atoms with van der Waals surface area (Å²) in [6.45, 7) is 4.35. The van der Waals surface area contributed by atoms with E-state index in [1.807, 2.05) is 13.8 Å². The van der Waals surface area contributed by atoms with Gasteiger partial charge in [0.2, 0.25) is 5.91 Å². The predicted octanol–water partition coefficient (Wildman–Crippen LogP) is 3.02. The first-order valence-electron chi connectivity index (χ1n) is 9.12. The van der Waals surface area contributed by atoms with Crippen LogP contribution in [0.1, 0.15) is 41.0 Å². The van der Waals surface area contributed by atoms with E-state index in [2.05, 4.69) is 10.6 Å². The standard InChI is InChI=1S/C21H24N2O5/c1-3-13-28-21(26)15-9-11-16(12-10-15)23-19(24)14-22-20(25)17-7-5-6-8-18(17)27-4-2/h5-12H,3-4,13-14H2,1-2H3,(H,22,25)(H,23,24). The van der Waals surface area contributed by atoms with Crippen molar-refractivity contribution in [2.24, 2.45) is 0 Å². The summed E-state index contributed by atoms with van der Waals surface area (Å²) in [4.78, 5) is 36.1. The number of carbonyl (C=O) groups is 3. The first-order chi connectivity index (χ1) is 13.5. The van der Waals surface area contributed by atoms with Crippen LogP contribution in [0.15, 0.2) is 48.5 Å². The Bertz CT molecular complexity index is 818. The highest BCUT2D eigenvalue weighted by Crippen LogP contribution is 2.17. The van der Waals surface area contributed by atoms with Gasteiger partial charge < -0.3 is 20.1 Å². The molecule has 0 aromatic heterocycles. The average molecular weight is 384 g/mol. The molecule has 0 spiro atoms. The third-order valence-electron chi connectivity index (χ3n) is 3.68. The highest BCUT2D eigenvalue weighted by Gasteiger charge is 2.13. The molecule has 0 saturated carbocycles. The second-order valence-electron chi connectivity index (χ2n) is 5.87. The molecule has 0 fully saturated rings. The fourth-order valence-corrected chi connectivity index (χ4v) is 2.36. The molecule has 2 aromatic rings. The van der Waals surface area contributed by atoms with Gasteiger partial charge in [-0.3, -0.25) is 9.59 Å². The molecule has 0 aliphatic carbocycles. The summed E-state index contributed by atoms with van der Waals surface area (Å²) in [5.41, 5.74) is 1.29. The van der Waals surface area contributed by atoms with E-state index in [9.17, 15) is 14.4 Å². The average Bonchev–Trinajstić information content (AvgIpc) is 2.71. The summed E-state index contributed by atoms with van der Waals surface area (Å²) in [7, 11) is 0. The number of hydrogen-bond acceptors (Lipinski definition) is 5. The molecule has 7 heteroatoms. The van der Waals surface area contributed by atoms with Crippen LogP contribution in [0.5, 0.6) is 5.75 Å². The van der Waals surface area contributed by atoms with Crippen molar-refractivity contribution in [1.82, 2.24) is 5.32 Å². The number of benzene rings is 2. The molecule has 0 atom stereocenters. The van der Waals surface area contributed by atoms with Gasteiger partial charge in [0.1, 0.15) is 5.75 Å². The Morgan fingerprint density at radius 3 is 2.36 bits per heavy atom. The van der Waals surface area contributed by atoms with Gasteiger partial charge in [-0.1, -0.05) is 19.1 Å². The maximum Gasteiger partial charge on any atom is 0.338 e. The number of carbonyl (C=O) groups excluding carboxylic acids is 3. The van der Waals surface area contributed by atoms with E-state index in [1.165, 1.54) is 0 Å². The fourth-order valence-electron chi connectivity index (χ4n) is 2.36. The van der Waals surface area contributed by atoms with Crippen LogP contribution in [0.3, 0.4) is 0 Å². The molecule has 2 aromatic carbocycles. The molecule has 0 aliphatic heterocycles. The van der Waals surface area contributed by atoms with Gasteiger partial charge in [0.25, 0.3) is 5.91 Å². The third-order valence-corrected chi connectivity index (χ3v) is 3.68. The summed E-state index contributed by atoms with van der Waals surface area (Å²) in [6.07, 6.45) is 0.751. The Morgan fingerprint density at radius 2 is 1.68 bits per heavy atom. The molecule has 0 radical (unpaired) electrons. The molecule has 2 N–H and O–H groups in total. The summed E-state index contributed by atoms with van der Waals surface area (Å²) in [5.74, 6) is -0.717. The zero-order valence-electron chi connectivity index (χ0n) is 16.0. The van der Waals surface area contributed by atoms with Gasteiger partial charge in [-0.2, -0.15) is 0 Å². The van der Waals surface area contributed by atoms with E-state index < -0.39 is 11.9 Å². The quantitative estimate of drug-likeness (QED) is 0.648. The van der Waals surface area contributed by atoms with E-state index >= 15 is 0 Å². The second kappa shape index (κ2) is 10.7. The third kappa shape index (κ3) is 6.12. The van der Waals surface area contributed by atoms with Crippen LogP contribution in [0.25, 0.3) is 0 Å². The van der Waals surface area contributed by atoms with Crippen molar-refractivity contribution in [2.75, 3.05) is 25.1 Å². The monoisotopic (exact) mass is 384 g/mol. The Hall–Kier alpha value is -3.35. The molecule has 0 aliphatic rings. The van der Waals surface area contributed by atoms with E-state index in [0.29, 0.717) is 35.8 Å². The van der Waals surface area contributed by atoms with Gasteiger partial charge >= 0.3 is 5.97 Å².